The molecule has 2 amide bonds. The molecule has 1 aromatic heterocycles. The van der Waals surface area contributed by atoms with E-state index in [-0.39, 0.29) is 11.6 Å². The molecule has 1 rings (SSSR count). The topological polar surface area (TPSA) is 69.8 Å². The Morgan fingerprint density at radius 1 is 1.53 bits per heavy atom. The van der Waals surface area contributed by atoms with Crippen molar-refractivity contribution in [2.24, 2.45) is 0 Å². The lowest BCUT2D eigenvalue weighted by Gasteiger charge is -2.20. The van der Waals surface area contributed by atoms with Crippen molar-refractivity contribution >= 4 is 6.03 Å². The van der Waals surface area contributed by atoms with E-state index in [2.05, 4.69) is 20.8 Å². The van der Waals surface area contributed by atoms with E-state index in [0.717, 1.165) is 11.3 Å². The summed E-state index contributed by atoms with van der Waals surface area (Å²) in [7, 11) is 0. The summed E-state index contributed by atoms with van der Waals surface area (Å²) in [6, 6.07) is -0.164. The smallest absolute Gasteiger partial charge is 0.315 e. The third-order valence-corrected chi connectivity index (χ3v) is 1.86. The van der Waals surface area contributed by atoms with E-state index in [1.807, 2.05) is 27.7 Å². The predicted molar refractivity (Wildman–Crippen MR) is 58.4 cm³/mol. The Kier molecular flexibility index (Phi) is 3.34. The van der Waals surface area contributed by atoms with Gasteiger partial charge in [-0.15, -0.1) is 0 Å². The second-order valence-electron chi connectivity index (χ2n) is 4.58. The molecule has 5 heteroatoms. The number of rotatable bonds is 2. The molecule has 0 aromatic carbocycles. The molecule has 84 valence electrons. The first-order chi connectivity index (χ1) is 6.88. The number of nitrogens with zero attached hydrogens (tertiary/aromatic N) is 1. The second kappa shape index (κ2) is 4.33. The fourth-order valence-electron chi connectivity index (χ4n) is 1.11. The van der Waals surface area contributed by atoms with Gasteiger partial charge in [0, 0.05) is 23.3 Å². The Bertz CT molecular complexity index is 337. The number of carbonyl (C=O) groups is 1. The van der Waals surface area contributed by atoms with E-state index in [0.29, 0.717) is 6.54 Å². The van der Waals surface area contributed by atoms with Gasteiger partial charge in [-0.05, 0) is 27.7 Å². The summed E-state index contributed by atoms with van der Waals surface area (Å²) in [5.41, 5.74) is 1.76. The van der Waals surface area contributed by atoms with Crippen LogP contribution in [0.5, 0.6) is 0 Å². The highest BCUT2D eigenvalue weighted by Gasteiger charge is 2.13. The van der Waals surface area contributed by atoms with Crippen LogP contribution in [0.4, 0.5) is 4.79 Å². The maximum Gasteiger partial charge on any atom is 0.315 e. The Labute approximate surface area is 89.6 Å². The molecular weight excluding hydrogens is 192 g/mol. The summed E-state index contributed by atoms with van der Waals surface area (Å²) in [5.74, 6) is 0. The van der Waals surface area contributed by atoms with Crippen LogP contribution in [-0.2, 0) is 6.54 Å². The first kappa shape index (κ1) is 11.6. The molecule has 0 fully saturated rings. The van der Waals surface area contributed by atoms with Gasteiger partial charge in [0.05, 0.1) is 6.20 Å². The molecule has 5 nitrogen and oxygen atoms in total. The molecular formula is C10H18N4O. The van der Waals surface area contributed by atoms with Gasteiger partial charge < -0.3 is 10.6 Å². The summed E-state index contributed by atoms with van der Waals surface area (Å²) in [6.07, 6.45) is 1.71. The molecule has 3 N–H and O–H groups in total. The van der Waals surface area contributed by atoms with Gasteiger partial charge in [-0.2, -0.15) is 5.10 Å². The van der Waals surface area contributed by atoms with Gasteiger partial charge in [0.1, 0.15) is 0 Å². The minimum atomic E-state index is -0.213. The molecule has 0 unspecified atom stereocenters. The van der Waals surface area contributed by atoms with Gasteiger partial charge in [0.15, 0.2) is 0 Å². The average molecular weight is 210 g/mol. The molecule has 0 radical (unpaired) electrons. The van der Waals surface area contributed by atoms with E-state index in [9.17, 15) is 4.79 Å². The first-order valence-electron chi connectivity index (χ1n) is 4.93. The van der Waals surface area contributed by atoms with E-state index >= 15 is 0 Å². The van der Waals surface area contributed by atoms with Gasteiger partial charge in [-0.25, -0.2) is 4.79 Å². The van der Waals surface area contributed by atoms with E-state index in [4.69, 9.17) is 0 Å². The van der Waals surface area contributed by atoms with Crippen LogP contribution in [0, 0.1) is 6.92 Å². The van der Waals surface area contributed by atoms with E-state index in [1.54, 1.807) is 6.20 Å². The Morgan fingerprint density at radius 3 is 2.67 bits per heavy atom. The zero-order valence-corrected chi connectivity index (χ0v) is 9.64. The molecule has 0 aliphatic rings. The molecule has 1 aromatic rings. The third-order valence-electron chi connectivity index (χ3n) is 1.86. The number of aryl methyl sites for hydroxylation is 1. The van der Waals surface area contributed by atoms with Crippen molar-refractivity contribution in [3.63, 3.8) is 0 Å². The molecule has 0 saturated heterocycles. The summed E-state index contributed by atoms with van der Waals surface area (Å²) < 4.78 is 0. The zero-order valence-electron chi connectivity index (χ0n) is 9.64. The van der Waals surface area contributed by atoms with Crippen LogP contribution >= 0.6 is 0 Å². The maximum atomic E-state index is 11.4. The van der Waals surface area contributed by atoms with Crippen molar-refractivity contribution in [1.29, 1.82) is 0 Å². The van der Waals surface area contributed by atoms with Gasteiger partial charge in [0.25, 0.3) is 0 Å². The second-order valence-corrected chi connectivity index (χ2v) is 4.58. The van der Waals surface area contributed by atoms with Gasteiger partial charge >= 0.3 is 6.03 Å². The lowest BCUT2D eigenvalue weighted by Crippen LogP contribution is -2.46. The monoisotopic (exact) mass is 210 g/mol. The predicted octanol–water partition coefficient (Wildman–Crippen LogP) is 1.32. The SMILES string of the molecule is Cc1[nH]ncc1CNC(=O)NC(C)(C)C. The van der Waals surface area contributed by atoms with Gasteiger partial charge in [-0.1, -0.05) is 0 Å². The van der Waals surface area contributed by atoms with Crippen LogP contribution in [0.25, 0.3) is 0 Å². The Balaban J connectivity index is 2.38. The van der Waals surface area contributed by atoms with Gasteiger partial charge in [0.2, 0.25) is 0 Å². The standard InChI is InChI=1S/C10H18N4O/c1-7-8(6-12-14-7)5-11-9(15)13-10(2,3)4/h6H,5H2,1-4H3,(H,12,14)(H2,11,13,15). The van der Waals surface area contributed by atoms with Crippen LogP contribution < -0.4 is 10.6 Å². The van der Waals surface area contributed by atoms with Crippen LogP contribution in [0.2, 0.25) is 0 Å². The molecule has 0 saturated carbocycles. The van der Waals surface area contributed by atoms with Crippen molar-refractivity contribution in [2.45, 2.75) is 39.8 Å². The highest BCUT2D eigenvalue weighted by atomic mass is 16.2. The molecule has 15 heavy (non-hydrogen) atoms. The number of nitrogens with one attached hydrogen (secondary N) is 3. The quantitative estimate of drug-likeness (QED) is 0.689. The van der Waals surface area contributed by atoms with E-state index < -0.39 is 0 Å². The van der Waals surface area contributed by atoms with Crippen molar-refractivity contribution in [3.8, 4) is 0 Å². The highest BCUT2D eigenvalue weighted by molar-refractivity contribution is 5.74. The third kappa shape index (κ3) is 4.01. The normalized spacial score (nSPS) is 11.2. The van der Waals surface area contributed by atoms with Crippen LogP contribution in [0.15, 0.2) is 6.20 Å². The van der Waals surface area contributed by atoms with Crippen molar-refractivity contribution in [3.05, 3.63) is 17.5 Å². The number of urea groups is 1. The van der Waals surface area contributed by atoms with Gasteiger partial charge in [-0.3, -0.25) is 5.10 Å². The Morgan fingerprint density at radius 2 is 2.20 bits per heavy atom. The molecule has 0 atom stereocenters. The fourth-order valence-corrected chi connectivity index (χ4v) is 1.11. The van der Waals surface area contributed by atoms with Crippen molar-refractivity contribution < 1.29 is 4.79 Å². The van der Waals surface area contributed by atoms with Crippen LogP contribution in [0.1, 0.15) is 32.0 Å². The summed E-state index contributed by atoms with van der Waals surface area (Å²) in [6.45, 7) is 8.23. The minimum absolute atomic E-state index is 0.164. The lowest BCUT2D eigenvalue weighted by molar-refractivity contribution is 0.231. The zero-order chi connectivity index (χ0) is 11.5. The van der Waals surface area contributed by atoms with Crippen LogP contribution in [-0.4, -0.2) is 21.8 Å². The molecule has 1 heterocycles. The fraction of sp³-hybridized carbons (Fsp3) is 0.600. The van der Waals surface area contributed by atoms with E-state index in [1.165, 1.54) is 0 Å². The minimum Gasteiger partial charge on any atom is -0.334 e. The van der Waals surface area contributed by atoms with Crippen molar-refractivity contribution in [2.75, 3.05) is 0 Å². The summed E-state index contributed by atoms with van der Waals surface area (Å²) >= 11 is 0. The number of aromatic nitrogens is 2. The first-order valence-corrected chi connectivity index (χ1v) is 4.93. The Hall–Kier alpha value is -1.52. The van der Waals surface area contributed by atoms with Crippen molar-refractivity contribution in [1.82, 2.24) is 20.8 Å². The summed E-state index contributed by atoms with van der Waals surface area (Å²) in [5, 5.41) is 12.3. The average Bonchev–Trinajstić information content (AvgIpc) is 2.44. The number of aromatic amines is 1. The number of hydrogen-bond acceptors (Lipinski definition) is 2. The maximum absolute atomic E-state index is 11.4. The number of hydrogen-bond donors (Lipinski definition) is 3. The largest absolute Gasteiger partial charge is 0.334 e. The molecule has 0 bridgehead atoms. The number of H-pyrrole nitrogens is 1. The molecule has 0 aliphatic carbocycles. The summed E-state index contributed by atoms with van der Waals surface area (Å²) in [4.78, 5) is 11.4. The molecule has 0 aliphatic heterocycles. The molecule has 0 spiro atoms. The van der Waals surface area contributed by atoms with Crippen LogP contribution in [0.3, 0.4) is 0 Å². The number of carbonyl (C=O) groups excluding carboxylic acids is 1. The number of amides is 2. The lowest BCUT2D eigenvalue weighted by atomic mass is 10.1. The highest BCUT2D eigenvalue weighted by Crippen LogP contribution is 2.02.